The highest BCUT2D eigenvalue weighted by molar-refractivity contribution is 6.30. The Kier molecular flexibility index (Phi) is 10.1. The van der Waals surface area contributed by atoms with Crippen LogP contribution in [0.5, 0.6) is 5.75 Å². The Hall–Kier alpha value is -2.72. The summed E-state index contributed by atoms with van der Waals surface area (Å²) < 4.78 is 13.1. The number of amides is 1. The van der Waals surface area contributed by atoms with Crippen LogP contribution >= 0.6 is 24.0 Å². The Morgan fingerprint density at radius 2 is 1.94 bits per heavy atom. The van der Waals surface area contributed by atoms with Crippen molar-refractivity contribution in [3.8, 4) is 5.75 Å². The van der Waals surface area contributed by atoms with E-state index in [0.29, 0.717) is 42.1 Å². The van der Waals surface area contributed by atoms with Crippen molar-refractivity contribution in [2.45, 2.75) is 33.9 Å². The molecule has 0 atom stereocenters. The molecule has 2 aromatic heterocycles. The average Bonchev–Trinajstić information content (AvgIpc) is 3.20. The minimum atomic E-state index is -0.343. The number of nitrogens with zero attached hydrogens (tertiary/aromatic N) is 5. The second-order valence-corrected chi connectivity index (χ2v) is 9.46. The van der Waals surface area contributed by atoms with E-state index in [1.54, 1.807) is 23.1 Å². The number of benzene rings is 1. The van der Waals surface area contributed by atoms with Crippen molar-refractivity contribution in [2.75, 3.05) is 38.2 Å². The molecule has 1 saturated heterocycles. The topological polar surface area (TPSA) is 94.4 Å². The van der Waals surface area contributed by atoms with Gasteiger partial charge in [-0.1, -0.05) is 25.4 Å². The Balaban J connectivity index is 0.00000361. The molecule has 36 heavy (non-hydrogen) atoms. The molecule has 0 unspecified atom stereocenters. The third kappa shape index (κ3) is 7.64. The van der Waals surface area contributed by atoms with Gasteiger partial charge in [-0.2, -0.15) is 5.10 Å². The van der Waals surface area contributed by atoms with Crippen molar-refractivity contribution in [1.82, 2.24) is 24.6 Å². The molecule has 11 heteroatoms. The van der Waals surface area contributed by atoms with Gasteiger partial charge in [0.15, 0.2) is 11.5 Å². The molecule has 3 heterocycles. The fraction of sp³-hybridized carbons (Fsp3) is 0.440. The van der Waals surface area contributed by atoms with Gasteiger partial charge < -0.3 is 14.8 Å². The number of morpholine rings is 1. The van der Waals surface area contributed by atoms with Crippen LogP contribution in [-0.4, -0.2) is 63.5 Å². The molecule has 1 N–H and O–H groups in total. The third-order valence-electron chi connectivity index (χ3n) is 5.56. The van der Waals surface area contributed by atoms with Gasteiger partial charge >= 0.3 is 0 Å². The van der Waals surface area contributed by atoms with E-state index < -0.39 is 0 Å². The van der Waals surface area contributed by atoms with Gasteiger partial charge in [0.25, 0.3) is 5.91 Å². The van der Waals surface area contributed by atoms with Crippen LogP contribution in [0.4, 0.5) is 5.82 Å². The fourth-order valence-electron chi connectivity index (χ4n) is 3.68. The molecule has 1 aliphatic rings. The first-order valence-electron chi connectivity index (χ1n) is 11.8. The zero-order valence-electron chi connectivity index (χ0n) is 20.7. The lowest BCUT2D eigenvalue weighted by atomic mass is 10.2. The van der Waals surface area contributed by atoms with Gasteiger partial charge in [0.05, 0.1) is 44.5 Å². The predicted octanol–water partition coefficient (Wildman–Crippen LogP) is 4.22. The summed E-state index contributed by atoms with van der Waals surface area (Å²) >= 11 is 6.23. The predicted molar refractivity (Wildman–Crippen MR) is 141 cm³/mol. The number of ether oxygens (including phenoxy) is 2. The molecule has 0 radical (unpaired) electrons. The van der Waals surface area contributed by atoms with Crippen LogP contribution in [0.3, 0.4) is 0 Å². The smallest absolute Gasteiger partial charge is 0.277 e. The van der Waals surface area contributed by atoms with E-state index in [1.807, 2.05) is 25.1 Å². The first-order chi connectivity index (χ1) is 16.9. The lowest BCUT2D eigenvalue weighted by Gasteiger charge is -2.25. The van der Waals surface area contributed by atoms with Crippen LogP contribution in [0, 0.1) is 12.8 Å². The molecular weight excluding hydrogens is 503 g/mol. The molecule has 1 aliphatic heterocycles. The van der Waals surface area contributed by atoms with Crippen LogP contribution in [0.15, 0.2) is 36.7 Å². The third-order valence-corrected chi connectivity index (χ3v) is 5.80. The molecular formula is C25H32Cl2N6O3. The number of carbonyl (C=O) groups excluding carboxylic acids is 1. The highest BCUT2D eigenvalue weighted by Crippen LogP contribution is 2.25. The van der Waals surface area contributed by atoms with Crippen molar-refractivity contribution < 1.29 is 14.3 Å². The van der Waals surface area contributed by atoms with E-state index in [-0.39, 0.29) is 18.3 Å². The Bertz CT molecular complexity index is 1150. The standard InChI is InChI=1S/C25H31ClN6O3.ClH/c1-17(2)16-35-23-5-4-20(26)11-19(23)14-32-18(3)10-22(30-32)25(33)29-24-13-27-21(12-28-24)15-31-6-8-34-9-7-31;/h4-5,10-13,17H,6-9,14-16H2,1-3H3,(H,28,29,33);1H. The normalized spacial score (nSPS) is 13.9. The van der Waals surface area contributed by atoms with Crippen LogP contribution < -0.4 is 10.1 Å². The van der Waals surface area contributed by atoms with E-state index in [1.165, 1.54) is 0 Å². The summed E-state index contributed by atoms with van der Waals surface area (Å²) in [6.45, 7) is 11.1. The number of aromatic nitrogens is 4. The minimum Gasteiger partial charge on any atom is -0.493 e. The number of hydrogen-bond donors (Lipinski definition) is 1. The molecule has 0 bridgehead atoms. The number of anilines is 1. The first kappa shape index (κ1) is 27.9. The average molecular weight is 535 g/mol. The van der Waals surface area contributed by atoms with Crippen molar-refractivity contribution >= 4 is 35.7 Å². The highest BCUT2D eigenvalue weighted by Gasteiger charge is 2.16. The molecule has 0 saturated carbocycles. The van der Waals surface area contributed by atoms with E-state index in [9.17, 15) is 4.79 Å². The van der Waals surface area contributed by atoms with Crippen molar-refractivity contribution in [3.05, 3.63) is 64.3 Å². The Labute approximate surface area is 222 Å². The minimum absolute atomic E-state index is 0. The highest BCUT2D eigenvalue weighted by atomic mass is 35.5. The quantitative estimate of drug-likeness (QED) is 0.439. The molecule has 194 valence electrons. The summed E-state index contributed by atoms with van der Waals surface area (Å²) in [4.78, 5) is 23.9. The van der Waals surface area contributed by atoms with Gasteiger partial charge in [-0.05, 0) is 37.1 Å². The van der Waals surface area contributed by atoms with Crippen molar-refractivity contribution in [3.63, 3.8) is 0 Å². The molecule has 1 amide bonds. The van der Waals surface area contributed by atoms with Crippen molar-refractivity contribution in [1.29, 1.82) is 0 Å². The number of aryl methyl sites for hydroxylation is 1. The van der Waals surface area contributed by atoms with Crippen LogP contribution in [-0.2, 0) is 17.8 Å². The molecule has 4 rings (SSSR count). The lowest BCUT2D eigenvalue weighted by Crippen LogP contribution is -2.35. The van der Waals surface area contributed by atoms with Gasteiger partial charge in [-0.15, -0.1) is 12.4 Å². The van der Waals surface area contributed by atoms with E-state index in [0.717, 1.165) is 49.0 Å². The first-order valence-corrected chi connectivity index (χ1v) is 12.1. The summed E-state index contributed by atoms with van der Waals surface area (Å²) in [7, 11) is 0. The summed E-state index contributed by atoms with van der Waals surface area (Å²) in [5.41, 5.74) is 2.89. The van der Waals surface area contributed by atoms with E-state index in [4.69, 9.17) is 21.1 Å². The van der Waals surface area contributed by atoms with Crippen LogP contribution in [0.2, 0.25) is 5.02 Å². The van der Waals surface area contributed by atoms with Crippen LogP contribution in [0.25, 0.3) is 0 Å². The number of carbonyl (C=O) groups is 1. The number of nitrogens with one attached hydrogen (secondary N) is 1. The SMILES string of the molecule is Cc1cc(C(=O)Nc2cnc(CN3CCOCC3)cn2)nn1Cc1cc(Cl)ccc1OCC(C)C.Cl. The summed E-state index contributed by atoms with van der Waals surface area (Å²) in [6, 6.07) is 7.29. The van der Waals surface area contributed by atoms with E-state index >= 15 is 0 Å². The van der Waals surface area contributed by atoms with E-state index in [2.05, 4.69) is 39.1 Å². The maximum absolute atomic E-state index is 12.8. The molecule has 1 aromatic carbocycles. The fourth-order valence-corrected chi connectivity index (χ4v) is 3.88. The van der Waals surface area contributed by atoms with Gasteiger partial charge in [-0.3, -0.25) is 19.4 Å². The summed E-state index contributed by atoms with van der Waals surface area (Å²) in [6.07, 6.45) is 3.26. The number of halogens is 2. The van der Waals surface area contributed by atoms with Crippen molar-refractivity contribution in [2.24, 2.45) is 5.92 Å². The monoisotopic (exact) mass is 534 g/mol. The Morgan fingerprint density at radius 1 is 1.17 bits per heavy atom. The largest absolute Gasteiger partial charge is 0.493 e. The second-order valence-electron chi connectivity index (χ2n) is 9.02. The molecule has 1 fully saturated rings. The molecule has 9 nitrogen and oxygen atoms in total. The van der Waals surface area contributed by atoms with Gasteiger partial charge in [0.2, 0.25) is 0 Å². The zero-order chi connectivity index (χ0) is 24.8. The van der Waals surface area contributed by atoms with Crippen LogP contribution in [0.1, 0.15) is 41.3 Å². The maximum Gasteiger partial charge on any atom is 0.277 e. The summed E-state index contributed by atoms with van der Waals surface area (Å²) in [5, 5.41) is 7.90. The Morgan fingerprint density at radius 3 is 2.64 bits per heavy atom. The summed E-state index contributed by atoms with van der Waals surface area (Å²) in [5.74, 6) is 1.20. The second kappa shape index (κ2) is 13.0. The number of hydrogen-bond acceptors (Lipinski definition) is 7. The maximum atomic E-state index is 12.8. The number of rotatable bonds is 9. The molecule has 0 aliphatic carbocycles. The lowest BCUT2D eigenvalue weighted by molar-refractivity contribution is 0.0336. The van der Waals surface area contributed by atoms with Gasteiger partial charge in [-0.25, -0.2) is 4.98 Å². The van der Waals surface area contributed by atoms with Gasteiger partial charge in [0, 0.05) is 35.9 Å². The molecule has 3 aromatic rings. The molecule has 0 spiro atoms. The van der Waals surface area contributed by atoms with Gasteiger partial charge in [0.1, 0.15) is 5.75 Å². The zero-order valence-corrected chi connectivity index (χ0v) is 22.3.